The second-order valence-electron chi connectivity index (χ2n) is 7.13. The Balaban J connectivity index is 1.55. The van der Waals surface area contributed by atoms with E-state index in [9.17, 15) is 0 Å². The lowest BCUT2D eigenvalue weighted by Crippen LogP contribution is -2.53. The molecular formula is C19H23ClN6. The lowest BCUT2D eigenvalue weighted by Gasteiger charge is -2.35. The summed E-state index contributed by atoms with van der Waals surface area (Å²) in [5, 5.41) is 7.40. The number of hydrogen-bond acceptors (Lipinski definition) is 6. The van der Waals surface area contributed by atoms with E-state index in [0.29, 0.717) is 28.7 Å². The molecule has 2 aromatic rings. The van der Waals surface area contributed by atoms with Crippen LogP contribution in [0.4, 0.5) is 17.5 Å². The fraction of sp³-hybridized carbons (Fsp3) is 0.421. The summed E-state index contributed by atoms with van der Waals surface area (Å²) in [5.74, 6) is 1.91. The molecule has 1 aromatic heterocycles. The number of rotatable bonds is 4. The molecule has 7 heteroatoms. The first-order valence-electron chi connectivity index (χ1n) is 9.01. The van der Waals surface area contributed by atoms with E-state index in [4.69, 9.17) is 11.6 Å². The van der Waals surface area contributed by atoms with Gasteiger partial charge in [-0.2, -0.15) is 4.98 Å². The maximum atomic E-state index is 6.34. The van der Waals surface area contributed by atoms with Gasteiger partial charge >= 0.3 is 0 Å². The van der Waals surface area contributed by atoms with Gasteiger partial charge < -0.3 is 15.5 Å². The molecule has 1 aromatic carbocycles. The van der Waals surface area contributed by atoms with Gasteiger partial charge in [-0.1, -0.05) is 31.5 Å². The van der Waals surface area contributed by atoms with E-state index in [1.807, 2.05) is 12.3 Å². The van der Waals surface area contributed by atoms with Gasteiger partial charge in [-0.25, -0.2) is 4.98 Å². The Morgan fingerprint density at radius 2 is 2.23 bits per heavy atom. The lowest BCUT2D eigenvalue weighted by atomic mass is 10.0. The van der Waals surface area contributed by atoms with Gasteiger partial charge in [0.25, 0.3) is 0 Å². The fourth-order valence-corrected chi connectivity index (χ4v) is 3.46. The second-order valence-corrected chi connectivity index (χ2v) is 7.53. The number of aromatic nitrogens is 2. The summed E-state index contributed by atoms with van der Waals surface area (Å²) in [7, 11) is 0. The summed E-state index contributed by atoms with van der Waals surface area (Å²) in [6.07, 6.45) is 3.58. The molecule has 2 aliphatic heterocycles. The van der Waals surface area contributed by atoms with Crippen molar-refractivity contribution in [3.05, 3.63) is 40.5 Å². The number of hydrogen-bond donors (Lipinski definition) is 2. The predicted octanol–water partition coefficient (Wildman–Crippen LogP) is 3.24. The molecule has 26 heavy (non-hydrogen) atoms. The molecule has 3 heterocycles. The lowest BCUT2D eigenvalue weighted by molar-refractivity contribution is 0.366. The van der Waals surface area contributed by atoms with E-state index >= 15 is 0 Å². The maximum absolute atomic E-state index is 6.34. The van der Waals surface area contributed by atoms with Gasteiger partial charge in [0.15, 0.2) is 5.82 Å². The number of nitrogens with zero attached hydrogens (tertiary/aromatic N) is 4. The number of anilines is 3. The topological polar surface area (TPSA) is 65.4 Å². The predicted molar refractivity (Wildman–Crippen MR) is 107 cm³/mol. The summed E-state index contributed by atoms with van der Waals surface area (Å²) in [6.45, 7) is 7.94. The monoisotopic (exact) mass is 370 g/mol. The Kier molecular flexibility index (Phi) is 4.78. The standard InChI is InChI=1S/C19H23ClN6/c1-12(2)17-11-26(6-5-22-17)19-23-10-16(20)18(25-19)24-15-4-3-13-8-21-9-14(13)7-15/h3-4,7,9-10,12,17,22H,5-6,8,11H2,1-2H3,(H,23,24,25). The van der Waals surface area contributed by atoms with Crippen molar-refractivity contribution >= 4 is 35.3 Å². The first-order chi connectivity index (χ1) is 12.6. The van der Waals surface area contributed by atoms with Crippen LogP contribution in [0.15, 0.2) is 29.4 Å². The van der Waals surface area contributed by atoms with Crippen molar-refractivity contribution in [2.75, 3.05) is 29.9 Å². The zero-order valence-electron chi connectivity index (χ0n) is 15.0. The van der Waals surface area contributed by atoms with Gasteiger partial charge in [0, 0.05) is 37.6 Å². The van der Waals surface area contributed by atoms with Crippen LogP contribution in [-0.4, -0.2) is 41.9 Å². The van der Waals surface area contributed by atoms with Crippen LogP contribution in [0.2, 0.25) is 5.02 Å². The van der Waals surface area contributed by atoms with Gasteiger partial charge in [-0.15, -0.1) is 0 Å². The van der Waals surface area contributed by atoms with Crippen molar-refractivity contribution < 1.29 is 0 Å². The minimum Gasteiger partial charge on any atom is -0.339 e. The van der Waals surface area contributed by atoms with Gasteiger partial charge in [0.2, 0.25) is 5.95 Å². The van der Waals surface area contributed by atoms with Crippen molar-refractivity contribution in [3.63, 3.8) is 0 Å². The van der Waals surface area contributed by atoms with Crippen molar-refractivity contribution in [2.45, 2.75) is 26.4 Å². The van der Waals surface area contributed by atoms with E-state index in [1.54, 1.807) is 6.20 Å². The zero-order valence-corrected chi connectivity index (χ0v) is 15.8. The molecule has 1 fully saturated rings. The largest absolute Gasteiger partial charge is 0.339 e. The normalized spacial score (nSPS) is 19.1. The van der Waals surface area contributed by atoms with Crippen molar-refractivity contribution in [3.8, 4) is 0 Å². The molecule has 2 N–H and O–H groups in total. The van der Waals surface area contributed by atoms with Crippen LogP contribution in [0, 0.1) is 5.92 Å². The summed E-state index contributed by atoms with van der Waals surface area (Å²) in [5.41, 5.74) is 3.33. The average molecular weight is 371 g/mol. The molecule has 136 valence electrons. The number of benzene rings is 1. The molecule has 0 spiro atoms. The third kappa shape index (κ3) is 3.52. The van der Waals surface area contributed by atoms with Crippen LogP contribution in [-0.2, 0) is 6.54 Å². The van der Waals surface area contributed by atoms with Gasteiger partial charge in [-0.3, -0.25) is 4.99 Å². The second kappa shape index (κ2) is 7.21. The van der Waals surface area contributed by atoms with Crippen molar-refractivity contribution in [1.29, 1.82) is 0 Å². The number of nitrogens with one attached hydrogen (secondary N) is 2. The molecule has 6 nitrogen and oxygen atoms in total. The van der Waals surface area contributed by atoms with Crippen LogP contribution < -0.4 is 15.5 Å². The third-order valence-electron chi connectivity index (χ3n) is 4.92. The quantitative estimate of drug-likeness (QED) is 0.864. The minimum absolute atomic E-state index is 0.440. The smallest absolute Gasteiger partial charge is 0.227 e. The molecule has 4 rings (SSSR count). The highest BCUT2D eigenvalue weighted by atomic mass is 35.5. The molecule has 1 saturated heterocycles. The summed E-state index contributed by atoms with van der Waals surface area (Å²) in [6, 6.07) is 6.63. The highest BCUT2D eigenvalue weighted by Crippen LogP contribution is 2.27. The molecule has 0 saturated carbocycles. The maximum Gasteiger partial charge on any atom is 0.227 e. The van der Waals surface area contributed by atoms with E-state index in [1.165, 1.54) is 5.56 Å². The molecule has 0 bridgehead atoms. The Morgan fingerprint density at radius 3 is 3.08 bits per heavy atom. The highest BCUT2D eigenvalue weighted by molar-refractivity contribution is 6.32. The Bertz CT molecular complexity index is 835. The zero-order chi connectivity index (χ0) is 18.1. The van der Waals surface area contributed by atoms with E-state index in [2.05, 4.69) is 56.5 Å². The highest BCUT2D eigenvalue weighted by Gasteiger charge is 2.24. The van der Waals surface area contributed by atoms with Crippen LogP contribution in [0.25, 0.3) is 0 Å². The SMILES string of the molecule is CC(C)C1CN(c2ncc(Cl)c(Nc3ccc4c(c3)C=NC4)n2)CCN1. The molecule has 0 radical (unpaired) electrons. The van der Waals surface area contributed by atoms with Crippen molar-refractivity contribution in [2.24, 2.45) is 10.9 Å². The molecule has 0 amide bonds. The third-order valence-corrected chi connectivity index (χ3v) is 5.20. The Labute approximate surface area is 158 Å². The summed E-state index contributed by atoms with van der Waals surface area (Å²) in [4.78, 5) is 15.7. The number of piperazine rings is 1. The van der Waals surface area contributed by atoms with Crippen LogP contribution >= 0.6 is 11.6 Å². The van der Waals surface area contributed by atoms with Crippen LogP contribution in [0.5, 0.6) is 0 Å². The van der Waals surface area contributed by atoms with E-state index in [0.717, 1.165) is 37.4 Å². The summed E-state index contributed by atoms with van der Waals surface area (Å²) < 4.78 is 0. The van der Waals surface area contributed by atoms with Crippen LogP contribution in [0.1, 0.15) is 25.0 Å². The van der Waals surface area contributed by atoms with Gasteiger partial charge in [0.05, 0.1) is 12.7 Å². The Morgan fingerprint density at radius 1 is 1.35 bits per heavy atom. The number of aliphatic imine (C=N–C) groups is 1. The Hall–Kier alpha value is -2.18. The molecule has 2 aliphatic rings. The summed E-state index contributed by atoms with van der Waals surface area (Å²) >= 11 is 6.34. The molecule has 1 unspecified atom stereocenters. The first kappa shape index (κ1) is 17.2. The van der Waals surface area contributed by atoms with Crippen molar-refractivity contribution in [1.82, 2.24) is 15.3 Å². The fourth-order valence-electron chi connectivity index (χ4n) is 3.32. The first-order valence-corrected chi connectivity index (χ1v) is 9.38. The van der Waals surface area contributed by atoms with Gasteiger partial charge in [-0.05, 0) is 29.2 Å². The molecule has 1 atom stereocenters. The number of halogens is 1. The van der Waals surface area contributed by atoms with Gasteiger partial charge in [0.1, 0.15) is 5.02 Å². The number of fused-ring (bicyclic) bond motifs is 1. The van der Waals surface area contributed by atoms with E-state index < -0.39 is 0 Å². The molecule has 0 aliphatic carbocycles. The van der Waals surface area contributed by atoms with Crippen LogP contribution in [0.3, 0.4) is 0 Å². The van der Waals surface area contributed by atoms with E-state index in [-0.39, 0.29) is 0 Å². The minimum atomic E-state index is 0.440. The molecular weight excluding hydrogens is 348 g/mol. The average Bonchev–Trinajstić information content (AvgIpc) is 3.11.